The van der Waals surface area contributed by atoms with Crippen LogP contribution >= 0.6 is 0 Å². The van der Waals surface area contributed by atoms with E-state index in [1.807, 2.05) is 18.2 Å². The van der Waals surface area contributed by atoms with Crippen molar-refractivity contribution in [2.75, 3.05) is 0 Å². The minimum absolute atomic E-state index is 0.148. The average Bonchev–Trinajstić information content (AvgIpc) is 2.12. The van der Waals surface area contributed by atoms with Crippen LogP contribution in [-0.4, -0.2) is 6.29 Å². The van der Waals surface area contributed by atoms with E-state index < -0.39 is 0 Å². The molecule has 0 radical (unpaired) electrons. The topological polar surface area (TPSA) is 17.1 Å². The largest absolute Gasteiger partial charge is 0.303 e. The predicted molar refractivity (Wildman–Crippen MR) is 52.6 cm³/mol. The monoisotopic (exact) mass is 174 g/mol. The maximum atomic E-state index is 10.9. The summed E-state index contributed by atoms with van der Waals surface area (Å²) >= 11 is 0. The molecule has 13 heavy (non-hydrogen) atoms. The van der Waals surface area contributed by atoms with Gasteiger partial charge in [-0.15, -0.1) is 0 Å². The summed E-state index contributed by atoms with van der Waals surface area (Å²) in [6.07, 6.45) is 4.84. The van der Waals surface area contributed by atoms with Crippen molar-refractivity contribution in [1.29, 1.82) is 0 Å². The standard InChI is InChI=1S/C12H14O/c13-9-12(11-7-4-8-11)10-5-2-1-3-6-10/h1-3,5-6,9,11-12H,4,7-8H2/t12-/m1/s1. The molecule has 0 spiro atoms. The third-order valence-electron chi connectivity index (χ3n) is 2.99. The van der Waals surface area contributed by atoms with Crippen molar-refractivity contribution in [3.8, 4) is 0 Å². The number of aldehydes is 1. The van der Waals surface area contributed by atoms with Crippen molar-refractivity contribution in [1.82, 2.24) is 0 Å². The van der Waals surface area contributed by atoms with Crippen LogP contribution in [-0.2, 0) is 4.79 Å². The first kappa shape index (κ1) is 8.49. The summed E-state index contributed by atoms with van der Waals surface area (Å²) in [7, 11) is 0. The molecule has 0 unspecified atom stereocenters. The van der Waals surface area contributed by atoms with Crippen LogP contribution in [0.4, 0.5) is 0 Å². The third kappa shape index (κ3) is 1.64. The van der Waals surface area contributed by atoms with Gasteiger partial charge in [-0.2, -0.15) is 0 Å². The minimum atomic E-state index is 0.148. The number of carbonyl (C=O) groups excluding carboxylic acids is 1. The van der Waals surface area contributed by atoms with Gasteiger partial charge in [0.1, 0.15) is 6.29 Å². The summed E-state index contributed by atoms with van der Waals surface area (Å²) in [6, 6.07) is 10.1. The van der Waals surface area contributed by atoms with Crippen molar-refractivity contribution in [3.05, 3.63) is 35.9 Å². The fraction of sp³-hybridized carbons (Fsp3) is 0.417. The highest BCUT2D eigenvalue weighted by Gasteiger charge is 2.27. The van der Waals surface area contributed by atoms with Gasteiger partial charge in [0.25, 0.3) is 0 Å². The fourth-order valence-corrected chi connectivity index (χ4v) is 1.94. The molecule has 1 aliphatic rings. The van der Waals surface area contributed by atoms with E-state index in [-0.39, 0.29) is 5.92 Å². The van der Waals surface area contributed by atoms with Crippen molar-refractivity contribution >= 4 is 6.29 Å². The molecule has 2 rings (SSSR count). The van der Waals surface area contributed by atoms with E-state index in [9.17, 15) is 4.79 Å². The Morgan fingerprint density at radius 3 is 2.38 bits per heavy atom. The Balaban J connectivity index is 2.16. The van der Waals surface area contributed by atoms with E-state index in [0.29, 0.717) is 5.92 Å². The average molecular weight is 174 g/mol. The molecular weight excluding hydrogens is 160 g/mol. The molecule has 0 aliphatic heterocycles. The Labute approximate surface area is 78.8 Å². The lowest BCUT2D eigenvalue weighted by Gasteiger charge is -2.30. The summed E-state index contributed by atoms with van der Waals surface area (Å²) in [5, 5.41) is 0. The van der Waals surface area contributed by atoms with Crippen LogP contribution in [0.1, 0.15) is 30.7 Å². The van der Waals surface area contributed by atoms with Gasteiger partial charge < -0.3 is 4.79 Å². The number of hydrogen-bond acceptors (Lipinski definition) is 1. The molecule has 0 aromatic heterocycles. The highest BCUT2D eigenvalue weighted by Crippen LogP contribution is 2.37. The van der Waals surface area contributed by atoms with E-state index in [4.69, 9.17) is 0 Å². The molecule has 1 aromatic carbocycles. The minimum Gasteiger partial charge on any atom is -0.303 e. The first-order valence-electron chi connectivity index (χ1n) is 4.92. The van der Waals surface area contributed by atoms with Crippen molar-refractivity contribution < 1.29 is 4.79 Å². The third-order valence-corrected chi connectivity index (χ3v) is 2.99. The smallest absolute Gasteiger partial charge is 0.127 e. The van der Waals surface area contributed by atoms with Gasteiger partial charge in [-0.3, -0.25) is 0 Å². The first-order chi connectivity index (χ1) is 6.42. The lowest BCUT2D eigenvalue weighted by molar-refractivity contribution is -0.110. The molecule has 1 heteroatoms. The quantitative estimate of drug-likeness (QED) is 0.644. The molecule has 1 saturated carbocycles. The Kier molecular flexibility index (Phi) is 2.44. The van der Waals surface area contributed by atoms with Crippen molar-refractivity contribution in [2.24, 2.45) is 5.92 Å². The van der Waals surface area contributed by atoms with Crippen LogP contribution in [0.2, 0.25) is 0 Å². The lowest BCUT2D eigenvalue weighted by atomic mass is 9.74. The van der Waals surface area contributed by atoms with E-state index in [1.54, 1.807) is 0 Å². The van der Waals surface area contributed by atoms with Crippen LogP contribution in [0.15, 0.2) is 30.3 Å². The first-order valence-corrected chi connectivity index (χ1v) is 4.92. The van der Waals surface area contributed by atoms with Gasteiger partial charge in [-0.25, -0.2) is 0 Å². The van der Waals surface area contributed by atoms with Crippen LogP contribution in [0.3, 0.4) is 0 Å². The zero-order valence-electron chi connectivity index (χ0n) is 7.65. The van der Waals surface area contributed by atoms with E-state index in [2.05, 4.69) is 12.1 Å². The second-order valence-corrected chi connectivity index (χ2v) is 3.76. The van der Waals surface area contributed by atoms with Crippen LogP contribution in [0.25, 0.3) is 0 Å². The molecule has 1 atom stereocenters. The molecule has 1 aliphatic carbocycles. The number of benzene rings is 1. The highest BCUT2D eigenvalue weighted by atomic mass is 16.1. The summed E-state index contributed by atoms with van der Waals surface area (Å²) in [5.41, 5.74) is 1.18. The zero-order chi connectivity index (χ0) is 9.10. The van der Waals surface area contributed by atoms with Gasteiger partial charge >= 0.3 is 0 Å². The molecule has 0 bridgehead atoms. The second-order valence-electron chi connectivity index (χ2n) is 3.76. The van der Waals surface area contributed by atoms with E-state index in [0.717, 1.165) is 6.29 Å². The molecule has 1 aromatic rings. The van der Waals surface area contributed by atoms with Crippen molar-refractivity contribution in [3.63, 3.8) is 0 Å². The summed E-state index contributed by atoms with van der Waals surface area (Å²) in [5.74, 6) is 0.759. The van der Waals surface area contributed by atoms with Crippen LogP contribution < -0.4 is 0 Å². The predicted octanol–water partition coefficient (Wildman–Crippen LogP) is 2.77. The normalized spacial score (nSPS) is 19.1. The number of hydrogen-bond donors (Lipinski definition) is 0. The molecule has 0 heterocycles. The SMILES string of the molecule is O=C[C@H](c1ccccc1)C1CCC1. The zero-order valence-corrected chi connectivity index (χ0v) is 7.65. The van der Waals surface area contributed by atoms with Crippen LogP contribution in [0, 0.1) is 5.92 Å². The van der Waals surface area contributed by atoms with Crippen molar-refractivity contribution in [2.45, 2.75) is 25.2 Å². The molecule has 0 N–H and O–H groups in total. The summed E-state index contributed by atoms with van der Waals surface area (Å²) < 4.78 is 0. The Hall–Kier alpha value is -1.11. The molecular formula is C12H14O. The van der Waals surface area contributed by atoms with Crippen LogP contribution in [0.5, 0.6) is 0 Å². The summed E-state index contributed by atoms with van der Waals surface area (Å²) in [4.78, 5) is 10.9. The maximum absolute atomic E-state index is 10.9. The van der Waals surface area contributed by atoms with Gasteiger partial charge in [0.2, 0.25) is 0 Å². The highest BCUT2D eigenvalue weighted by molar-refractivity contribution is 5.62. The Bertz CT molecular complexity index is 274. The summed E-state index contributed by atoms with van der Waals surface area (Å²) in [6.45, 7) is 0. The van der Waals surface area contributed by atoms with Gasteiger partial charge in [0.05, 0.1) is 0 Å². The number of carbonyl (C=O) groups is 1. The van der Waals surface area contributed by atoms with E-state index >= 15 is 0 Å². The second kappa shape index (κ2) is 3.73. The Morgan fingerprint density at radius 2 is 1.92 bits per heavy atom. The maximum Gasteiger partial charge on any atom is 0.127 e. The Morgan fingerprint density at radius 1 is 1.23 bits per heavy atom. The van der Waals surface area contributed by atoms with E-state index in [1.165, 1.54) is 24.8 Å². The molecule has 0 amide bonds. The van der Waals surface area contributed by atoms with Gasteiger partial charge in [-0.1, -0.05) is 36.8 Å². The lowest BCUT2D eigenvalue weighted by Crippen LogP contribution is -2.21. The van der Waals surface area contributed by atoms with Gasteiger partial charge in [0.15, 0.2) is 0 Å². The van der Waals surface area contributed by atoms with Gasteiger partial charge in [0, 0.05) is 5.92 Å². The molecule has 1 nitrogen and oxygen atoms in total. The number of rotatable bonds is 3. The molecule has 0 saturated heterocycles. The molecule has 1 fully saturated rings. The fourth-order valence-electron chi connectivity index (χ4n) is 1.94. The molecule has 68 valence electrons. The van der Waals surface area contributed by atoms with Gasteiger partial charge in [-0.05, 0) is 24.3 Å².